The summed E-state index contributed by atoms with van der Waals surface area (Å²) in [7, 11) is 4.17. The lowest BCUT2D eigenvalue weighted by atomic mass is 9.86. The number of amides is 2. The van der Waals surface area contributed by atoms with Gasteiger partial charge < -0.3 is 25.5 Å². The van der Waals surface area contributed by atoms with Crippen LogP contribution in [0, 0.1) is 0 Å². The molecule has 1 aromatic rings. The van der Waals surface area contributed by atoms with Gasteiger partial charge in [0.25, 0.3) is 0 Å². The van der Waals surface area contributed by atoms with E-state index in [-0.39, 0.29) is 18.1 Å². The zero-order valence-electron chi connectivity index (χ0n) is 15.7. The minimum Gasteiger partial charge on any atom is -0.387 e. The molecule has 140 valence electrons. The first-order chi connectivity index (χ1) is 12.0. The van der Waals surface area contributed by atoms with E-state index in [0.29, 0.717) is 6.54 Å². The molecule has 1 atom stereocenters. The van der Waals surface area contributed by atoms with Crippen molar-refractivity contribution in [3.8, 4) is 0 Å². The van der Waals surface area contributed by atoms with Crippen LogP contribution in [0.15, 0.2) is 30.3 Å². The summed E-state index contributed by atoms with van der Waals surface area (Å²) >= 11 is 0. The summed E-state index contributed by atoms with van der Waals surface area (Å²) in [5.74, 6) is 0. The van der Waals surface area contributed by atoms with E-state index in [1.807, 2.05) is 30.3 Å². The Kier molecular flexibility index (Phi) is 7.23. The smallest absolute Gasteiger partial charge is 0.314 e. The zero-order chi connectivity index (χ0) is 18.3. The summed E-state index contributed by atoms with van der Waals surface area (Å²) < 4.78 is 0. The summed E-state index contributed by atoms with van der Waals surface area (Å²) in [5, 5.41) is 15.9. The van der Waals surface area contributed by atoms with E-state index in [1.165, 1.54) is 0 Å². The fourth-order valence-corrected chi connectivity index (χ4v) is 3.36. The molecule has 25 heavy (non-hydrogen) atoms. The number of nitrogens with one attached hydrogen (secondary N) is 2. The fourth-order valence-electron chi connectivity index (χ4n) is 3.36. The molecule has 6 nitrogen and oxygen atoms in total. The second-order valence-corrected chi connectivity index (χ2v) is 7.04. The van der Waals surface area contributed by atoms with Crippen molar-refractivity contribution in [3.05, 3.63) is 35.9 Å². The van der Waals surface area contributed by atoms with Crippen LogP contribution in [0.25, 0.3) is 0 Å². The number of likely N-dealkylation sites (tertiary alicyclic amines) is 1. The monoisotopic (exact) mass is 348 g/mol. The molecule has 1 heterocycles. The third-order valence-corrected chi connectivity index (χ3v) is 5.40. The maximum absolute atomic E-state index is 12.1. The van der Waals surface area contributed by atoms with Crippen LogP contribution in [-0.2, 0) is 0 Å². The number of likely N-dealkylation sites (N-methyl/N-ethyl adjacent to an activating group) is 1. The molecule has 2 amide bonds. The molecule has 1 saturated heterocycles. The van der Waals surface area contributed by atoms with Crippen LogP contribution >= 0.6 is 0 Å². The van der Waals surface area contributed by atoms with Gasteiger partial charge in [-0.25, -0.2) is 4.79 Å². The normalized spacial score (nSPS) is 18.8. The Morgan fingerprint density at radius 3 is 2.44 bits per heavy atom. The molecule has 6 heteroatoms. The highest BCUT2D eigenvalue weighted by Gasteiger charge is 2.36. The highest BCUT2D eigenvalue weighted by molar-refractivity contribution is 5.74. The second kappa shape index (κ2) is 9.17. The van der Waals surface area contributed by atoms with Gasteiger partial charge in [-0.3, -0.25) is 0 Å². The molecule has 0 saturated carbocycles. The van der Waals surface area contributed by atoms with Crippen molar-refractivity contribution in [2.75, 3.05) is 46.8 Å². The standard InChI is InChI=1S/C19H32N4O2/c1-4-23-12-10-19(11-13-23,22(2)3)15-21-18(25)20-14-17(24)16-8-6-5-7-9-16/h5-9,17,24H,4,10-15H2,1-3H3,(H2,20,21,25)/t17-/m1/s1. The quantitative estimate of drug-likeness (QED) is 0.697. The summed E-state index contributed by atoms with van der Waals surface area (Å²) in [6.07, 6.45) is 1.39. The Morgan fingerprint density at radius 1 is 1.24 bits per heavy atom. The first-order valence-corrected chi connectivity index (χ1v) is 9.11. The highest BCUT2D eigenvalue weighted by atomic mass is 16.3. The molecule has 0 radical (unpaired) electrons. The van der Waals surface area contributed by atoms with Gasteiger partial charge in [0.2, 0.25) is 0 Å². The number of aliphatic hydroxyl groups excluding tert-OH is 1. The van der Waals surface area contributed by atoms with Crippen molar-refractivity contribution in [3.63, 3.8) is 0 Å². The molecular formula is C19H32N4O2. The van der Waals surface area contributed by atoms with E-state index in [1.54, 1.807) is 0 Å². The summed E-state index contributed by atoms with van der Waals surface area (Å²) in [4.78, 5) is 16.8. The number of rotatable bonds is 7. The largest absolute Gasteiger partial charge is 0.387 e. The van der Waals surface area contributed by atoms with Crippen molar-refractivity contribution in [1.29, 1.82) is 0 Å². The van der Waals surface area contributed by atoms with Crippen molar-refractivity contribution in [2.24, 2.45) is 0 Å². The Hall–Kier alpha value is -1.63. The van der Waals surface area contributed by atoms with E-state index in [0.717, 1.165) is 38.0 Å². The molecule has 0 spiro atoms. The number of nitrogens with zero attached hydrogens (tertiary/aromatic N) is 2. The Bertz CT molecular complexity index is 527. The third kappa shape index (κ3) is 5.42. The van der Waals surface area contributed by atoms with Gasteiger partial charge in [-0.2, -0.15) is 0 Å². The molecule has 1 aromatic carbocycles. The molecule has 3 N–H and O–H groups in total. The van der Waals surface area contributed by atoms with Crippen molar-refractivity contribution in [2.45, 2.75) is 31.4 Å². The molecule has 2 rings (SSSR count). The first-order valence-electron chi connectivity index (χ1n) is 9.11. The number of urea groups is 1. The maximum Gasteiger partial charge on any atom is 0.314 e. The van der Waals surface area contributed by atoms with Gasteiger partial charge in [0.05, 0.1) is 6.10 Å². The number of carbonyl (C=O) groups excluding carboxylic acids is 1. The number of hydrogen-bond acceptors (Lipinski definition) is 4. The summed E-state index contributed by atoms with van der Waals surface area (Å²) in [6.45, 7) is 6.20. The average Bonchev–Trinajstić information content (AvgIpc) is 2.65. The van der Waals surface area contributed by atoms with E-state index >= 15 is 0 Å². The van der Waals surface area contributed by atoms with Crippen LogP contribution < -0.4 is 10.6 Å². The average molecular weight is 348 g/mol. The minimum absolute atomic E-state index is 0.00105. The van der Waals surface area contributed by atoms with Crippen molar-refractivity contribution >= 4 is 6.03 Å². The second-order valence-electron chi connectivity index (χ2n) is 7.04. The lowest BCUT2D eigenvalue weighted by Gasteiger charge is -2.46. The molecule has 1 aliphatic rings. The summed E-state index contributed by atoms with van der Waals surface area (Å²) in [5.41, 5.74) is 0.806. The van der Waals surface area contributed by atoms with Crippen LogP contribution in [0.2, 0.25) is 0 Å². The van der Waals surface area contributed by atoms with E-state index in [2.05, 4.69) is 41.5 Å². The number of benzene rings is 1. The number of carbonyl (C=O) groups is 1. The predicted molar refractivity (Wildman–Crippen MR) is 101 cm³/mol. The van der Waals surface area contributed by atoms with Gasteiger partial charge in [-0.05, 0) is 52.1 Å². The molecule has 0 bridgehead atoms. The Balaban J connectivity index is 1.79. The molecule has 1 aliphatic heterocycles. The lowest BCUT2D eigenvalue weighted by molar-refractivity contribution is 0.0598. The SMILES string of the molecule is CCN1CCC(CNC(=O)NC[C@@H](O)c2ccccc2)(N(C)C)CC1. The van der Waals surface area contributed by atoms with Crippen LogP contribution in [0.1, 0.15) is 31.4 Å². The van der Waals surface area contributed by atoms with Crippen molar-refractivity contribution in [1.82, 2.24) is 20.4 Å². The number of piperidine rings is 1. The van der Waals surface area contributed by atoms with Gasteiger partial charge in [0.1, 0.15) is 0 Å². The molecule has 0 aliphatic carbocycles. The van der Waals surface area contributed by atoms with Crippen LogP contribution in [0.4, 0.5) is 4.79 Å². The van der Waals surface area contributed by atoms with Gasteiger partial charge in [-0.15, -0.1) is 0 Å². The molecular weight excluding hydrogens is 316 g/mol. The lowest BCUT2D eigenvalue weighted by Crippen LogP contribution is -2.59. The van der Waals surface area contributed by atoms with E-state index in [4.69, 9.17) is 0 Å². The molecule has 0 unspecified atom stereocenters. The van der Waals surface area contributed by atoms with Crippen LogP contribution in [0.3, 0.4) is 0 Å². The fraction of sp³-hybridized carbons (Fsp3) is 0.632. The Labute approximate surface area is 151 Å². The van der Waals surface area contributed by atoms with Gasteiger partial charge in [-0.1, -0.05) is 37.3 Å². The highest BCUT2D eigenvalue weighted by Crippen LogP contribution is 2.26. The van der Waals surface area contributed by atoms with Crippen LogP contribution in [0.5, 0.6) is 0 Å². The van der Waals surface area contributed by atoms with Gasteiger partial charge >= 0.3 is 6.03 Å². The Morgan fingerprint density at radius 2 is 1.88 bits per heavy atom. The number of aliphatic hydroxyl groups is 1. The zero-order valence-corrected chi connectivity index (χ0v) is 15.7. The van der Waals surface area contributed by atoms with E-state index in [9.17, 15) is 9.90 Å². The van der Waals surface area contributed by atoms with Gasteiger partial charge in [0.15, 0.2) is 0 Å². The third-order valence-electron chi connectivity index (χ3n) is 5.40. The maximum atomic E-state index is 12.1. The van der Waals surface area contributed by atoms with Crippen LogP contribution in [-0.4, -0.2) is 73.3 Å². The topological polar surface area (TPSA) is 67.8 Å². The molecule has 0 aromatic heterocycles. The predicted octanol–water partition coefficient (Wildman–Crippen LogP) is 1.44. The van der Waals surface area contributed by atoms with Gasteiger partial charge in [0, 0.05) is 18.6 Å². The number of hydrogen-bond donors (Lipinski definition) is 3. The minimum atomic E-state index is -0.692. The first kappa shape index (κ1) is 19.7. The van der Waals surface area contributed by atoms with Crippen molar-refractivity contribution < 1.29 is 9.90 Å². The summed E-state index contributed by atoms with van der Waals surface area (Å²) in [6, 6.07) is 9.14. The van der Waals surface area contributed by atoms with E-state index < -0.39 is 6.10 Å². The molecule has 1 fully saturated rings.